The summed E-state index contributed by atoms with van der Waals surface area (Å²) in [5.41, 5.74) is -0.136. The van der Waals surface area contributed by atoms with Gasteiger partial charge >= 0.3 is 0 Å². The molecule has 0 aromatic heterocycles. The second-order valence-corrected chi connectivity index (χ2v) is 11.0. The molecule has 0 radical (unpaired) electrons. The summed E-state index contributed by atoms with van der Waals surface area (Å²) >= 11 is 7.73. The third-order valence-electron chi connectivity index (χ3n) is 5.70. The molecule has 2 aliphatic heterocycles. The van der Waals surface area contributed by atoms with Crippen LogP contribution in [0.2, 0.25) is 5.02 Å². The fourth-order valence-corrected chi connectivity index (χ4v) is 6.76. The van der Waals surface area contributed by atoms with Crippen molar-refractivity contribution in [3.8, 4) is 0 Å². The van der Waals surface area contributed by atoms with Crippen LogP contribution in [0.3, 0.4) is 0 Å². The van der Waals surface area contributed by atoms with Gasteiger partial charge in [0.05, 0.1) is 16.5 Å². The van der Waals surface area contributed by atoms with Crippen molar-refractivity contribution >= 4 is 44.2 Å². The third kappa shape index (κ3) is 4.35. The molecule has 0 saturated carbocycles. The van der Waals surface area contributed by atoms with Gasteiger partial charge < -0.3 is 14.9 Å². The molecule has 1 atom stereocenters. The number of hydrogen-bond acceptors (Lipinski definition) is 6. The molecule has 31 heavy (non-hydrogen) atoms. The van der Waals surface area contributed by atoms with E-state index >= 15 is 0 Å². The average molecular weight is 481 g/mol. The summed E-state index contributed by atoms with van der Waals surface area (Å²) in [6.07, 6.45) is 0. The van der Waals surface area contributed by atoms with Gasteiger partial charge in [0.25, 0.3) is 0 Å². The standard InChI is InChI=1S/C21H25ClN4O3S2/c1-24-10-12-26(13-11-24)31(28,29)19-14-16(8-9-18(19)22)21(27)15-30-20(25(21)2)23-17-6-4-3-5-7-17/h3-9,14,27H,10-13,15H2,1-2H3. The Hall–Kier alpha value is -1.62. The number of thioether (sulfide) groups is 1. The number of sulfonamides is 1. The Labute approximate surface area is 192 Å². The zero-order chi connectivity index (χ0) is 22.2. The largest absolute Gasteiger partial charge is 0.366 e. The molecular weight excluding hydrogens is 456 g/mol. The molecule has 0 aliphatic carbocycles. The Morgan fingerprint density at radius 1 is 1.06 bits per heavy atom. The Bertz CT molecular complexity index is 1090. The Balaban J connectivity index is 1.66. The van der Waals surface area contributed by atoms with Crippen LogP contribution in [0, 0.1) is 0 Å². The molecule has 2 heterocycles. The van der Waals surface area contributed by atoms with Crippen molar-refractivity contribution in [3.63, 3.8) is 0 Å². The number of amidine groups is 1. The summed E-state index contributed by atoms with van der Waals surface area (Å²) in [6, 6.07) is 14.2. The topological polar surface area (TPSA) is 76.5 Å². The quantitative estimate of drug-likeness (QED) is 0.725. The maximum absolute atomic E-state index is 13.3. The average Bonchev–Trinajstić information content (AvgIpc) is 3.04. The van der Waals surface area contributed by atoms with Crippen molar-refractivity contribution in [3.05, 3.63) is 59.1 Å². The van der Waals surface area contributed by atoms with Crippen LogP contribution in [0.1, 0.15) is 5.56 Å². The number of halogens is 1. The molecule has 0 amide bonds. The van der Waals surface area contributed by atoms with E-state index in [4.69, 9.17) is 11.6 Å². The molecular formula is C21H25ClN4O3S2. The van der Waals surface area contributed by atoms with E-state index in [1.807, 2.05) is 37.4 Å². The predicted molar refractivity (Wildman–Crippen MR) is 125 cm³/mol. The lowest BCUT2D eigenvalue weighted by Gasteiger charge is -2.33. The van der Waals surface area contributed by atoms with Gasteiger partial charge in [-0.1, -0.05) is 47.6 Å². The van der Waals surface area contributed by atoms with Gasteiger partial charge in [0.1, 0.15) is 4.90 Å². The summed E-state index contributed by atoms with van der Waals surface area (Å²) in [4.78, 5) is 8.41. The summed E-state index contributed by atoms with van der Waals surface area (Å²) in [7, 11) is -0.0439. The lowest BCUT2D eigenvalue weighted by atomic mass is 10.0. The number of nitrogens with zero attached hydrogens (tertiary/aromatic N) is 4. The van der Waals surface area contributed by atoms with E-state index < -0.39 is 15.7 Å². The Morgan fingerprint density at radius 2 is 1.74 bits per heavy atom. The van der Waals surface area contributed by atoms with Gasteiger partial charge in [-0.2, -0.15) is 4.31 Å². The minimum atomic E-state index is -3.77. The monoisotopic (exact) mass is 480 g/mol. The first kappa shape index (κ1) is 22.6. The van der Waals surface area contributed by atoms with E-state index in [0.29, 0.717) is 42.7 Å². The zero-order valence-electron chi connectivity index (χ0n) is 17.4. The van der Waals surface area contributed by atoms with E-state index in [0.717, 1.165) is 5.69 Å². The number of rotatable bonds is 4. The fraction of sp³-hybridized carbons (Fsp3) is 0.381. The summed E-state index contributed by atoms with van der Waals surface area (Å²) in [5, 5.41) is 12.3. The second-order valence-electron chi connectivity index (χ2n) is 7.75. The van der Waals surface area contributed by atoms with Crippen molar-refractivity contribution < 1.29 is 13.5 Å². The van der Waals surface area contributed by atoms with Crippen molar-refractivity contribution in [1.29, 1.82) is 0 Å². The SMILES string of the molecule is CN1CCN(S(=O)(=O)c2cc(C3(O)CSC(=Nc4ccccc4)N3C)ccc2Cl)CC1. The highest BCUT2D eigenvalue weighted by molar-refractivity contribution is 8.14. The molecule has 0 bridgehead atoms. The van der Waals surface area contributed by atoms with Crippen LogP contribution in [0.4, 0.5) is 5.69 Å². The minimum Gasteiger partial charge on any atom is -0.366 e. The highest BCUT2D eigenvalue weighted by Gasteiger charge is 2.43. The lowest BCUT2D eigenvalue weighted by molar-refractivity contribution is -0.0349. The number of benzene rings is 2. The van der Waals surface area contributed by atoms with Crippen LogP contribution >= 0.6 is 23.4 Å². The van der Waals surface area contributed by atoms with Gasteiger partial charge in [-0.05, 0) is 31.3 Å². The molecule has 2 fully saturated rings. The number of hydrogen-bond donors (Lipinski definition) is 1. The molecule has 2 aliphatic rings. The number of likely N-dealkylation sites (N-methyl/N-ethyl adjacent to an activating group) is 1. The summed E-state index contributed by atoms with van der Waals surface area (Å²) in [5.74, 6) is 0.324. The summed E-state index contributed by atoms with van der Waals surface area (Å²) < 4.78 is 28.0. The fourth-order valence-electron chi connectivity index (χ4n) is 3.63. The molecule has 166 valence electrons. The normalized spacial score (nSPS) is 24.8. The maximum atomic E-state index is 13.3. The van der Waals surface area contributed by atoms with Crippen LogP contribution in [0.15, 0.2) is 58.4 Å². The van der Waals surface area contributed by atoms with Gasteiger partial charge in [0.15, 0.2) is 10.9 Å². The minimum absolute atomic E-state index is 0.0245. The van der Waals surface area contributed by atoms with Gasteiger partial charge in [0.2, 0.25) is 10.0 Å². The van der Waals surface area contributed by atoms with Gasteiger partial charge in [-0.3, -0.25) is 0 Å². The smallest absolute Gasteiger partial charge is 0.244 e. The van der Waals surface area contributed by atoms with Gasteiger partial charge in [-0.15, -0.1) is 0 Å². The summed E-state index contributed by atoms with van der Waals surface area (Å²) in [6.45, 7) is 2.15. The van der Waals surface area contributed by atoms with Crippen LogP contribution in [0.5, 0.6) is 0 Å². The molecule has 2 aromatic carbocycles. The molecule has 7 nitrogen and oxygen atoms in total. The van der Waals surface area contributed by atoms with Crippen molar-refractivity contribution in [2.45, 2.75) is 10.6 Å². The van der Waals surface area contributed by atoms with Gasteiger partial charge in [-0.25, -0.2) is 13.4 Å². The first-order valence-electron chi connectivity index (χ1n) is 9.93. The molecule has 1 N–H and O–H groups in total. The number of aliphatic imine (C=N–C) groups is 1. The predicted octanol–water partition coefficient (Wildman–Crippen LogP) is 2.79. The van der Waals surface area contributed by atoms with Crippen LogP contribution < -0.4 is 0 Å². The third-order valence-corrected chi connectivity index (χ3v) is 9.25. The van der Waals surface area contributed by atoms with E-state index in [9.17, 15) is 13.5 Å². The van der Waals surface area contributed by atoms with E-state index in [1.54, 1.807) is 24.1 Å². The molecule has 1 unspecified atom stereocenters. The number of aliphatic hydroxyl groups is 1. The van der Waals surface area contributed by atoms with Crippen LogP contribution in [-0.2, 0) is 15.7 Å². The van der Waals surface area contributed by atoms with Crippen molar-refractivity contribution in [2.24, 2.45) is 4.99 Å². The Morgan fingerprint density at radius 3 is 2.42 bits per heavy atom. The first-order chi connectivity index (χ1) is 14.7. The first-order valence-corrected chi connectivity index (χ1v) is 12.7. The van der Waals surface area contributed by atoms with Gasteiger partial charge in [0, 0.05) is 38.8 Å². The van der Waals surface area contributed by atoms with Crippen molar-refractivity contribution in [2.75, 3.05) is 46.0 Å². The van der Waals surface area contributed by atoms with E-state index in [1.165, 1.54) is 22.1 Å². The number of piperazine rings is 1. The lowest BCUT2D eigenvalue weighted by Crippen LogP contribution is -2.47. The van der Waals surface area contributed by atoms with E-state index in [-0.39, 0.29) is 9.92 Å². The second kappa shape index (κ2) is 8.73. The highest BCUT2D eigenvalue weighted by atomic mass is 35.5. The molecule has 10 heteroatoms. The zero-order valence-corrected chi connectivity index (χ0v) is 19.8. The molecule has 4 rings (SSSR count). The maximum Gasteiger partial charge on any atom is 0.244 e. The number of para-hydroxylation sites is 1. The van der Waals surface area contributed by atoms with Crippen LogP contribution in [-0.4, -0.2) is 78.8 Å². The molecule has 2 saturated heterocycles. The van der Waals surface area contributed by atoms with E-state index in [2.05, 4.69) is 9.89 Å². The highest BCUT2D eigenvalue weighted by Crippen LogP contribution is 2.40. The Kier molecular flexibility index (Phi) is 6.35. The molecule has 2 aromatic rings. The molecule has 0 spiro atoms. The van der Waals surface area contributed by atoms with Crippen molar-refractivity contribution in [1.82, 2.24) is 14.1 Å². The van der Waals surface area contributed by atoms with Crippen LogP contribution in [0.25, 0.3) is 0 Å².